The van der Waals surface area contributed by atoms with Crippen molar-refractivity contribution in [2.75, 3.05) is 18.8 Å². The number of carbonyl (C=O) groups is 1. The van der Waals surface area contributed by atoms with E-state index in [-0.39, 0.29) is 11.3 Å². The predicted molar refractivity (Wildman–Crippen MR) is 79.3 cm³/mol. The van der Waals surface area contributed by atoms with Crippen LogP contribution in [0.5, 0.6) is 0 Å². The fourth-order valence-electron chi connectivity index (χ4n) is 2.53. The molecular formula is C15H21ClN2O. The third-order valence-electron chi connectivity index (χ3n) is 3.92. The van der Waals surface area contributed by atoms with Gasteiger partial charge in [0.15, 0.2) is 0 Å². The first-order chi connectivity index (χ1) is 8.79. The van der Waals surface area contributed by atoms with E-state index in [2.05, 4.69) is 20.8 Å². The van der Waals surface area contributed by atoms with Gasteiger partial charge < -0.3 is 10.6 Å². The highest BCUT2D eigenvalue weighted by Gasteiger charge is 2.34. The van der Waals surface area contributed by atoms with Crippen molar-refractivity contribution in [3.63, 3.8) is 0 Å². The Morgan fingerprint density at radius 3 is 2.68 bits per heavy atom. The Hall–Kier alpha value is -1.22. The van der Waals surface area contributed by atoms with Crippen LogP contribution in [0.1, 0.15) is 37.6 Å². The van der Waals surface area contributed by atoms with Gasteiger partial charge in [-0.15, -0.1) is 0 Å². The highest BCUT2D eigenvalue weighted by atomic mass is 35.5. The SMILES string of the molecule is CC(C)(C)C1CCN(C(=O)c2cc(N)ccc2Cl)C1. The van der Waals surface area contributed by atoms with Crippen molar-refractivity contribution in [2.24, 2.45) is 11.3 Å². The van der Waals surface area contributed by atoms with Crippen LogP contribution < -0.4 is 5.73 Å². The van der Waals surface area contributed by atoms with Crippen molar-refractivity contribution in [1.82, 2.24) is 4.90 Å². The Labute approximate surface area is 119 Å². The molecule has 104 valence electrons. The standard InChI is InChI=1S/C15H21ClN2O/c1-15(2,3)10-6-7-18(9-10)14(19)12-8-11(17)4-5-13(12)16/h4-5,8,10H,6-7,9,17H2,1-3H3. The third kappa shape index (κ3) is 3.03. The molecule has 1 amide bonds. The van der Waals surface area contributed by atoms with Crippen LogP contribution in [0.2, 0.25) is 5.02 Å². The number of hydrogen-bond acceptors (Lipinski definition) is 2. The molecule has 0 aromatic heterocycles. The lowest BCUT2D eigenvalue weighted by Gasteiger charge is -2.27. The van der Waals surface area contributed by atoms with Crippen molar-refractivity contribution >= 4 is 23.2 Å². The van der Waals surface area contributed by atoms with E-state index in [1.54, 1.807) is 18.2 Å². The first kappa shape index (κ1) is 14.2. The lowest BCUT2D eigenvalue weighted by molar-refractivity contribution is 0.0777. The average Bonchev–Trinajstić information content (AvgIpc) is 2.80. The second kappa shape index (κ2) is 5.04. The first-order valence-electron chi connectivity index (χ1n) is 6.63. The number of nitrogens with two attached hydrogens (primary N) is 1. The van der Waals surface area contributed by atoms with E-state index < -0.39 is 0 Å². The minimum atomic E-state index is -0.0101. The van der Waals surface area contributed by atoms with E-state index in [1.807, 2.05) is 4.90 Å². The molecule has 1 aromatic carbocycles. The molecule has 1 atom stereocenters. The van der Waals surface area contributed by atoms with Crippen LogP contribution in [0.4, 0.5) is 5.69 Å². The second-order valence-corrected chi connectivity index (χ2v) is 6.75. The number of nitrogens with zero attached hydrogens (tertiary/aromatic N) is 1. The van der Waals surface area contributed by atoms with Crippen molar-refractivity contribution in [2.45, 2.75) is 27.2 Å². The summed E-state index contributed by atoms with van der Waals surface area (Å²) < 4.78 is 0. The van der Waals surface area contributed by atoms with E-state index in [0.29, 0.717) is 22.2 Å². The van der Waals surface area contributed by atoms with Gasteiger partial charge in [0.2, 0.25) is 0 Å². The van der Waals surface area contributed by atoms with Gasteiger partial charge in [-0.2, -0.15) is 0 Å². The highest BCUT2D eigenvalue weighted by molar-refractivity contribution is 6.34. The number of anilines is 1. The quantitative estimate of drug-likeness (QED) is 0.801. The molecule has 2 rings (SSSR count). The minimum absolute atomic E-state index is 0.0101. The molecule has 0 saturated carbocycles. The normalized spacial score (nSPS) is 19.8. The number of halogens is 1. The summed E-state index contributed by atoms with van der Waals surface area (Å²) in [7, 11) is 0. The lowest BCUT2D eigenvalue weighted by atomic mass is 9.80. The Kier molecular flexibility index (Phi) is 3.77. The van der Waals surface area contributed by atoms with Crippen molar-refractivity contribution in [3.8, 4) is 0 Å². The van der Waals surface area contributed by atoms with Crippen LogP contribution in [0.15, 0.2) is 18.2 Å². The summed E-state index contributed by atoms with van der Waals surface area (Å²) in [6.45, 7) is 8.26. The largest absolute Gasteiger partial charge is 0.399 e. The molecule has 1 unspecified atom stereocenters. The number of hydrogen-bond donors (Lipinski definition) is 1. The maximum absolute atomic E-state index is 12.5. The number of rotatable bonds is 1. The molecular weight excluding hydrogens is 260 g/mol. The Balaban J connectivity index is 2.16. The number of carbonyl (C=O) groups excluding carboxylic acids is 1. The van der Waals surface area contributed by atoms with E-state index in [4.69, 9.17) is 17.3 Å². The van der Waals surface area contributed by atoms with Gasteiger partial charge in [-0.05, 0) is 36.0 Å². The zero-order chi connectivity index (χ0) is 14.2. The lowest BCUT2D eigenvalue weighted by Crippen LogP contribution is -2.31. The molecule has 0 bridgehead atoms. The number of likely N-dealkylation sites (tertiary alicyclic amines) is 1. The van der Waals surface area contributed by atoms with Crippen LogP contribution in [-0.2, 0) is 0 Å². The zero-order valence-electron chi connectivity index (χ0n) is 11.7. The van der Waals surface area contributed by atoms with Gasteiger partial charge in [-0.25, -0.2) is 0 Å². The Bertz CT molecular complexity index is 493. The molecule has 1 heterocycles. The van der Waals surface area contributed by atoms with E-state index in [9.17, 15) is 4.79 Å². The minimum Gasteiger partial charge on any atom is -0.399 e. The molecule has 2 N–H and O–H groups in total. The summed E-state index contributed by atoms with van der Waals surface area (Å²) in [4.78, 5) is 14.4. The van der Waals surface area contributed by atoms with E-state index in [1.165, 1.54) is 0 Å². The van der Waals surface area contributed by atoms with Crippen molar-refractivity contribution < 1.29 is 4.79 Å². The zero-order valence-corrected chi connectivity index (χ0v) is 12.5. The molecule has 1 saturated heterocycles. The molecule has 4 heteroatoms. The maximum atomic E-state index is 12.5. The molecule has 1 fully saturated rings. The molecule has 0 radical (unpaired) electrons. The summed E-state index contributed by atoms with van der Waals surface area (Å²) in [5, 5.41) is 0.471. The van der Waals surface area contributed by atoms with Crippen LogP contribution in [0.25, 0.3) is 0 Å². The molecule has 1 aliphatic rings. The Morgan fingerprint density at radius 2 is 2.11 bits per heavy atom. The molecule has 3 nitrogen and oxygen atoms in total. The van der Waals surface area contributed by atoms with E-state index >= 15 is 0 Å². The highest BCUT2D eigenvalue weighted by Crippen LogP contribution is 2.34. The summed E-state index contributed by atoms with van der Waals surface area (Å²) in [6, 6.07) is 5.05. The summed E-state index contributed by atoms with van der Waals surface area (Å²) >= 11 is 6.09. The van der Waals surface area contributed by atoms with Crippen LogP contribution in [-0.4, -0.2) is 23.9 Å². The van der Waals surface area contributed by atoms with Crippen molar-refractivity contribution in [3.05, 3.63) is 28.8 Å². The molecule has 1 aliphatic heterocycles. The average molecular weight is 281 g/mol. The first-order valence-corrected chi connectivity index (χ1v) is 7.01. The fraction of sp³-hybridized carbons (Fsp3) is 0.533. The predicted octanol–water partition coefficient (Wildman–Crippen LogP) is 3.43. The van der Waals surface area contributed by atoms with Gasteiger partial charge in [-0.1, -0.05) is 32.4 Å². The molecule has 19 heavy (non-hydrogen) atoms. The second-order valence-electron chi connectivity index (χ2n) is 6.34. The van der Waals surface area contributed by atoms with Gasteiger partial charge in [0.05, 0.1) is 10.6 Å². The van der Waals surface area contributed by atoms with Crippen LogP contribution >= 0.6 is 11.6 Å². The summed E-state index contributed by atoms with van der Waals surface area (Å²) in [6.07, 6.45) is 1.05. The Morgan fingerprint density at radius 1 is 1.42 bits per heavy atom. The topological polar surface area (TPSA) is 46.3 Å². The third-order valence-corrected chi connectivity index (χ3v) is 4.25. The molecule has 0 aliphatic carbocycles. The number of benzene rings is 1. The molecule has 1 aromatic rings. The van der Waals surface area contributed by atoms with Crippen molar-refractivity contribution in [1.29, 1.82) is 0 Å². The molecule has 0 spiro atoms. The summed E-state index contributed by atoms with van der Waals surface area (Å²) in [5.74, 6) is 0.528. The number of amides is 1. The van der Waals surface area contributed by atoms with Gasteiger partial charge in [0.1, 0.15) is 0 Å². The van der Waals surface area contributed by atoms with Gasteiger partial charge in [-0.3, -0.25) is 4.79 Å². The van der Waals surface area contributed by atoms with Gasteiger partial charge in [0, 0.05) is 18.8 Å². The summed E-state index contributed by atoms with van der Waals surface area (Å²) in [5.41, 5.74) is 7.04. The fourth-order valence-corrected chi connectivity index (χ4v) is 2.73. The van der Waals surface area contributed by atoms with Gasteiger partial charge >= 0.3 is 0 Å². The van der Waals surface area contributed by atoms with E-state index in [0.717, 1.165) is 19.5 Å². The van der Waals surface area contributed by atoms with Gasteiger partial charge in [0.25, 0.3) is 5.91 Å². The van der Waals surface area contributed by atoms with Crippen LogP contribution in [0, 0.1) is 11.3 Å². The number of nitrogen functional groups attached to an aromatic ring is 1. The smallest absolute Gasteiger partial charge is 0.255 e. The maximum Gasteiger partial charge on any atom is 0.255 e. The van der Waals surface area contributed by atoms with Crippen LogP contribution in [0.3, 0.4) is 0 Å². The monoisotopic (exact) mass is 280 g/mol.